The van der Waals surface area contributed by atoms with E-state index in [1.54, 1.807) is 62.6 Å². The Balaban J connectivity index is 0.00000117. The van der Waals surface area contributed by atoms with Crippen molar-refractivity contribution in [2.45, 2.75) is 142 Å². The van der Waals surface area contributed by atoms with Crippen molar-refractivity contribution in [1.29, 1.82) is 0 Å². The van der Waals surface area contributed by atoms with E-state index >= 15 is 0 Å². The van der Waals surface area contributed by atoms with Crippen LogP contribution in [0.2, 0.25) is 0 Å². The molecule has 21 heteroatoms. The summed E-state index contributed by atoms with van der Waals surface area (Å²) in [6, 6.07) is 15.9. The van der Waals surface area contributed by atoms with Gasteiger partial charge in [-0.3, -0.25) is 38.4 Å². The van der Waals surface area contributed by atoms with Crippen molar-refractivity contribution >= 4 is 59.3 Å². The van der Waals surface area contributed by atoms with Crippen LogP contribution in [0.5, 0.6) is 0 Å². The Morgan fingerprint density at radius 1 is 0.549 bits per heavy atom. The van der Waals surface area contributed by atoms with Crippen LogP contribution in [0, 0.1) is 11.8 Å². The molecule has 0 saturated heterocycles. The highest BCUT2D eigenvalue weighted by atomic mass is 16.6. The van der Waals surface area contributed by atoms with Crippen LogP contribution in [0.15, 0.2) is 60.7 Å². The summed E-state index contributed by atoms with van der Waals surface area (Å²) in [5, 5.41) is 30.4. The van der Waals surface area contributed by atoms with Gasteiger partial charge in [0.2, 0.25) is 23.6 Å². The van der Waals surface area contributed by atoms with Crippen molar-refractivity contribution in [3.05, 3.63) is 71.8 Å². The second-order valence-corrected chi connectivity index (χ2v) is 16.4. The van der Waals surface area contributed by atoms with Crippen molar-refractivity contribution in [3.8, 4) is 0 Å². The minimum Gasteiger partial charge on any atom is -0.481 e. The molecule has 0 aliphatic carbocycles. The number of carbonyl (C=O) groups excluding carboxylic acids is 8. The maximum absolute atomic E-state index is 12.4. The predicted molar refractivity (Wildman–Crippen MR) is 264 cm³/mol. The first-order valence-electron chi connectivity index (χ1n) is 24.0. The number of nitrogens with one attached hydrogen (secondary N) is 5. The maximum Gasteiger partial charge on any atom is 0.408 e. The number of carbonyl (C=O) groups is 10. The Bertz CT molecular complexity index is 1920. The van der Waals surface area contributed by atoms with Crippen LogP contribution < -0.4 is 38.1 Å². The van der Waals surface area contributed by atoms with Gasteiger partial charge in [-0.2, -0.15) is 0 Å². The lowest BCUT2D eigenvalue weighted by molar-refractivity contribution is -0.139. The number of primary amides is 1. The summed E-state index contributed by atoms with van der Waals surface area (Å²) >= 11 is 0. The maximum atomic E-state index is 12.4. The minimum atomic E-state index is -1.12. The van der Waals surface area contributed by atoms with Gasteiger partial charge in [0, 0.05) is 58.2 Å². The standard InChI is InChI=1S/C25H37N3O7.C16H20N2O6.C9H20N2O/c1-3-19(24(33)26-2)11-7-8-16-27-22(30)14-12-20(21(29)13-15-23(31)32)28-25(34)35-17-18-9-5-4-6-10-18;17-14(20)8-6-12(13(19)7-9-15(21)22)18-16(23)24-10-11-4-2-1-3-5-11;1-3-8(9(12)11-2)6-4-5-7-10/h4-6,9-10,19-20H,3,7-8,11-17H2,1-2H3,(H,26,33)(H,27,30)(H,28,34)(H,31,32);1-5,12H,6-10H2,(H2,17,20)(H,18,23)(H,21,22);8H,3-7,10H2,1-2H3,(H,11,12)/t19?,20-;12-;/m00./s1. The van der Waals surface area contributed by atoms with Gasteiger partial charge in [0.15, 0.2) is 11.6 Å². The predicted octanol–water partition coefficient (Wildman–Crippen LogP) is 4.42. The Labute approximate surface area is 416 Å². The summed E-state index contributed by atoms with van der Waals surface area (Å²) in [6.45, 7) is 5.21. The summed E-state index contributed by atoms with van der Waals surface area (Å²) in [7, 11) is 3.30. The fraction of sp³-hybridized carbons (Fsp3) is 0.560. The molecule has 4 atom stereocenters. The topological polar surface area (TPSA) is 342 Å². The molecule has 0 saturated carbocycles. The monoisotopic (exact) mass is 1000 g/mol. The van der Waals surface area contributed by atoms with Crippen LogP contribution in [-0.4, -0.2) is 109 Å². The van der Waals surface area contributed by atoms with Gasteiger partial charge in [0.05, 0.1) is 24.9 Å². The van der Waals surface area contributed by atoms with Crippen molar-refractivity contribution in [1.82, 2.24) is 26.6 Å². The average molecular weight is 1000 g/mol. The number of carboxylic acids is 2. The van der Waals surface area contributed by atoms with E-state index in [2.05, 4.69) is 26.6 Å². The van der Waals surface area contributed by atoms with Crippen molar-refractivity contribution in [2.75, 3.05) is 27.2 Å². The molecule has 2 aromatic rings. The number of ether oxygens (including phenoxy) is 2. The second kappa shape index (κ2) is 39.9. The number of Topliss-reactive ketones (excluding diaryl/α,β-unsaturated/α-hetero) is 2. The average Bonchev–Trinajstić information content (AvgIpc) is 3.36. The summed E-state index contributed by atoms with van der Waals surface area (Å²) in [4.78, 5) is 116. The fourth-order valence-electron chi connectivity index (χ4n) is 6.63. The fourth-order valence-corrected chi connectivity index (χ4v) is 6.63. The van der Waals surface area contributed by atoms with Gasteiger partial charge in [-0.25, -0.2) is 9.59 Å². The number of amides is 6. The van der Waals surface area contributed by atoms with E-state index in [0.29, 0.717) is 13.0 Å². The number of hydrogen-bond donors (Lipinski definition) is 9. The lowest BCUT2D eigenvalue weighted by Gasteiger charge is -2.17. The molecule has 21 nitrogen and oxygen atoms in total. The summed E-state index contributed by atoms with van der Waals surface area (Å²) in [5.74, 6) is -3.79. The van der Waals surface area contributed by atoms with Crippen LogP contribution in [-0.2, 0) is 61.0 Å². The number of alkyl carbamates (subject to hydrolysis) is 2. The third kappa shape index (κ3) is 33.3. The van der Waals surface area contributed by atoms with Gasteiger partial charge in [0.25, 0.3) is 0 Å². The zero-order valence-corrected chi connectivity index (χ0v) is 41.7. The third-order valence-electron chi connectivity index (χ3n) is 10.8. The molecule has 6 amide bonds. The van der Waals surface area contributed by atoms with Gasteiger partial charge in [-0.1, -0.05) is 87.4 Å². The molecule has 71 heavy (non-hydrogen) atoms. The van der Waals surface area contributed by atoms with Gasteiger partial charge < -0.3 is 57.7 Å². The van der Waals surface area contributed by atoms with Gasteiger partial charge in [-0.15, -0.1) is 0 Å². The van der Waals surface area contributed by atoms with Crippen LogP contribution in [0.1, 0.15) is 128 Å². The molecule has 11 N–H and O–H groups in total. The van der Waals surface area contributed by atoms with Gasteiger partial charge in [-0.05, 0) is 69.0 Å². The van der Waals surface area contributed by atoms with E-state index in [1.807, 2.05) is 26.0 Å². The first kappa shape index (κ1) is 64.1. The van der Waals surface area contributed by atoms with Crippen LogP contribution in [0.4, 0.5) is 9.59 Å². The highest BCUT2D eigenvalue weighted by molar-refractivity contribution is 5.91. The number of rotatable bonds is 33. The molecule has 0 fully saturated rings. The van der Waals surface area contributed by atoms with Crippen molar-refractivity contribution in [3.63, 3.8) is 0 Å². The first-order valence-corrected chi connectivity index (χ1v) is 24.0. The van der Waals surface area contributed by atoms with Crippen LogP contribution in [0.25, 0.3) is 0 Å². The minimum absolute atomic E-state index is 0.00573. The van der Waals surface area contributed by atoms with Crippen molar-refractivity contribution < 1.29 is 67.6 Å². The normalized spacial score (nSPS) is 12.0. The lowest BCUT2D eigenvalue weighted by atomic mass is 9.98. The molecule has 0 aromatic heterocycles. The number of nitrogens with two attached hydrogens (primary N) is 2. The molecule has 2 rings (SSSR count). The van der Waals surface area contributed by atoms with E-state index in [0.717, 1.165) is 62.6 Å². The molecule has 0 aliphatic rings. The molecule has 2 unspecified atom stereocenters. The number of benzene rings is 2. The van der Waals surface area contributed by atoms with E-state index in [-0.39, 0.29) is 94.1 Å². The lowest BCUT2D eigenvalue weighted by Crippen LogP contribution is -2.42. The highest BCUT2D eigenvalue weighted by Gasteiger charge is 2.24. The first-order chi connectivity index (χ1) is 33.9. The van der Waals surface area contributed by atoms with Crippen LogP contribution in [0.3, 0.4) is 0 Å². The van der Waals surface area contributed by atoms with Gasteiger partial charge >= 0.3 is 24.1 Å². The number of unbranched alkanes of at least 4 members (excludes halogenated alkanes) is 2. The van der Waals surface area contributed by atoms with E-state index < -0.39 is 53.7 Å². The van der Waals surface area contributed by atoms with E-state index in [9.17, 15) is 47.9 Å². The van der Waals surface area contributed by atoms with Crippen LogP contribution >= 0.6 is 0 Å². The molecule has 396 valence electrons. The third-order valence-corrected chi connectivity index (χ3v) is 10.8. The molecule has 2 aromatic carbocycles. The Morgan fingerprint density at radius 3 is 1.32 bits per heavy atom. The molecule has 0 spiro atoms. The van der Waals surface area contributed by atoms with E-state index in [1.165, 1.54) is 0 Å². The van der Waals surface area contributed by atoms with Crippen molar-refractivity contribution in [2.24, 2.45) is 23.3 Å². The number of aliphatic carboxylic acids is 2. The number of hydrogen-bond acceptors (Lipinski definition) is 13. The SMILES string of the molecule is CCC(CCCCN)C(=O)NC.CCC(CCCCNC(=O)CC[C@H](NC(=O)OCc1ccccc1)C(=O)CCC(=O)O)C(=O)NC.NC(=O)CC[C@H](NC(=O)OCc1ccccc1)C(=O)CCC(=O)O. The number of carboxylic acid groups (broad SMARTS) is 2. The van der Waals surface area contributed by atoms with E-state index in [4.69, 9.17) is 31.2 Å². The Kier molecular flexibility index (Phi) is 36.0. The summed E-state index contributed by atoms with van der Waals surface area (Å²) < 4.78 is 10.1. The highest BCUT2D eigenvalue weighted by Crippen LogP contribution is 2.14. The largest absolute Gasteiger partial charge is 0.481 e. The molecule has 0 heterocycles. The summed E-state index contributed by atoms with van der Waals surface area (Å²) in [6.07, 6.45) is 3.99. The molecule has 0 aliphatic heterocycles. The molecule has 0 bridgehead atoms. The summed E-state index contributed by atoms with van der Waals surface area (Å²) in [5.41, 5.74) is 12.0. The molecular formula is C50H77N7O14. The number of ketones is 2. The smallest absolute Gasteiger partial charge is 0.408 e. The zero-order valence-electron chi connectivity index (χ0n) is 41.7. The quantitative estimate of drug-likeness (QED) is 0.0447. The Morgan fingerprint density at radius 2 is 0.958 bits per heavy atom. The van der Waals surface area contributed by atoms with Gasteiger partial charge in [0.1, 0.15) is 13.2 Å². The zero-order chi connectivity index (χ0) is 53.4. The molecule has 0 radical (unpaired) electrons. The Hall–Kier alpha value is -6.90. The second-order valence-electron chi connectivity index (χ2n) is 16.4. The molecular weight excluding hydrogens is 923 g/mol.